The minimum atomic E-state index is -0.313. The number of nitrogens with zero attached hydrogens (tertiary/aromatic N) is 5. The second-order valence-electron chi connectivity index (χ2n) is 9.59. The van der Waals surface area contributed by atoms with Gasteiger partial charge in [-0.2, -0.15) is 0 Å². The molecule has 1 aromatic carbocycles. The van der Waals surface area contributed by atoms with Crippen molar-refractivity contribution in [3.8, 4) is 5.75 Å². The molecule has 2 amide bonds. The van der Waals surface area contributed by atoms with Gasteiger partial charge in [0.05, 0.1) is 11.4 Å². The SMILES string of the molecule is CCn1c(SCC(=O)Nc2nc(C)c(C(=O)N(C)C)s2)nnc1C(C)Oc1ccc(C(C)(C)C)cc1. The van der Waals surface area contributed by atoms with E-state index in [-0.39, 0.29) is 29.1 Å². The molecule has 194 valence electrons. The molecule has 0 spiro atoms. The molecule has 1 N–H and O–H groups in total. The minimum absolute atomic E-state index is 0.0786. The molecule has 1 atom stereocenters. The van der Waals surface area contributed by atoms with Gasteiger partial charge in [-0.25, -0.2) is 4.98 Å². The fourth-order valence-corrected chi connectivity index (χ4v) is 5.25. The lowest BCUT2D eigenvalue weighted by atomic mass is 9.87. The Morgan fingerprint density at radius 1 is 1.19 bits per heavy atom. The first kappa shape index (κ1) is 27.7. The molecular formula is C25H34N6O3S2. The Hall–Kier alpha value is -2.92. The van der Waals surface area contributed by atoms with Crippen LogP contribution in [-0.2, 0) is 16.8 Å². The maximum absolute atomic E-state index is 12.5. The Bertz CT molecular complexity index is 1210. The fourth-order valence-electron chi connectivity index (χ4n) is 3.43. The van der Waals surface area contributed by atoms with Gasteiger partial charge in [-0.05, 0) is 43.9 Å². The normalized spacial score (nSPS) is 12.3. The number of nitrogens with one attached hydrogen (secondary N) is 1. The van der Waals surface area contributed by atoms with Gasteiger partial charge in [0.25, 0.3) is 5.91 Å². The van der Waals surface area contributed by atoms with E-state index in [9.17, 15) is 9.59 Å². The van der Waals surface area contributed by atoms with Gasteiger partial charge in [0.15, 0.2) is 22.2 Å². The second-order valence-corrected chi connectivity index (χ2v) is 11.5. The molecule has 0 aliphatic heterocycles. The summed E-state index contributed by atoms with van der Waals surface area (Å²) in [6, 6.07) is 8.11. The van der Waals surface area contributed by atoms with Gasteiger partial charge in [0.1, 0.15) is 10.6 Å². The standard InChI is InChI=1S/C25H34N6O3S2/c1-9-31-21(16(3)34-18-12-10-17(11-13-18)25(4,5)6)28-29-24(31)35-14-19(32)27-23-26-15(2)20(36-23)22(33)30(7)8/h10-13,16H,9,14H2,1-8H3,(H,26,27,32). The second kappa shape index (κ2) is 11.4. The van der Waals surface area contributed by atoms with Crippen LogP contribution in [0.5, 0.6) is 5.75 Å². The van der Waals surface area contributed by atoms with Crippen molar-refractivity contribution in [2.45, 2.75) is 64.8 Å². The predicted molar refractivity (Wildman–Crippen MR) is 144 cm³/mol. The van der Waals surface area contributed by atoms with E-state index in [0.29, 0.717) is 33.2 Å². The molecule has 2 heterocycles. The monoisotopic (exact) mass is 530 g/mol. The van der Waals surface area contributed by atoms with E-state index in [1.54, 1.807) is 21.0 Å². The number of thiazole rings is 1. The fraction of sp³-hybridized carbons (Fsp3) is 0.480. The zero-order valence-electron chi connectivity index (χ0n) is 22.1. The lowest BCUT2D eigenvalue weighted by Gasteiger charge is -2.20. The third kappa shape index (κ3) is 6.64. The highest BCUT2D eigenvalue weighted by molar-refractivity contribution is 7.99. The number of anilines is 1. The topological polar surface area (TPSA) is 102 Å². The van der Waals surface area contributed by atoms with Crippen molar-refractivity contribution < 1.29 is 14.3 Å². The quantitative estimate of drug-likeness (QED) is 0.391. The average Bonchev–Trinajstić information content (AvgIpc) is 3.39. The van der Waals surface area contributed by atoms with E-state index < -0.39 is 0 Å². The van der Waals surface area contributed by atoms with Gasteiger partial charge >= 0.3 is 0 Å². The summed E-state index contributed by atoms with van der Waals surface area (Å²) < 4.78 is 8.08. The Morgan fingerprint density at radius 3 is 2.44 bits per heavy atom. The van der Waals surface area contributed by atoms with Crippen LogP contribution < -0.4 is 10.1 Å². The molecule has 1 unspecified atom stereocenters. The minimum Gasteiger partial charge on any atom is -0.483 e. The zero-order valence-corrected chi connectivity index (χ0v) is 23.7. The third-order valence-electron chi connectivity index (χ3n) is 5.43. The van der Waals surface area contributed by atoms with Crippen molar-refractivity contribution in [1.29, 1.82) is 0 Å². The van der Waals surface area contributed by atoms with Crippen molar-refractivity contribution in [3.63, 3.8) is 0 Å². The molecule has 0 fully saturated rings. The maximum atomic E-state index is 12.5. The van der Waals surface area contributed by atoms with Crippen LogP contribution >= 0.6 is 23.1 Å². The highest BCUT2D eigenvalue weighted by Gasteiger charge is 2.21. The number of aromatic nitrogens is 4. The van der Waals surface area contributed by atoms with Crippen LogP contribution in [0.2, 0.25) is 0 Å². The first-order valence-corrected chi connectivity index (χ1v) is 13.5. The summed E-state index contributed by atoms with van der Waals surface area (Å²) in [5.74, 6) is 1.23. The van der Waals surface area contributed by atoms with Crippen LogP contribution in [0.1, 0.15) is 67.5 Å². The van der Waals surface area contributed by atoms with Crippen LogP contribution in [0.3, 0.4) is 0 Å². The molecular weight excluding hydrogens is 496 g/mol. The summed E-state index contributed by atoms with van der Waals surface area (Å²) in [5.41, 5.74) is 1.92. The van der Waals surface area contributed by atoms with E-state index in [4.69, 9.17) is 4.74 Å². The van der Waals surface area contributed by atoms with E-state index in [2.05, 4.69) is 53.4 Å². The number of aryl methyl sites for hydroxylation is 1. The predicted octanol–water partition coefficient (Wildman–Crippen LogP) is 4.93. The van der Waals surface area contributed by atoms with Crippen LogP contribution in [0.15, 0.2) is 29.4 Å². The molecule has 36 heavy (non-hydrogen) atoms. The van der Waals surface area contributed by atoms with Gasteiger partial charge in [0, 0.05) is 20.6 Å². The number of hydrogen-bond acceptors (Lipinski definition) is 8. The molecule has 0 bridgehead atoms. The smallest absolute Gasteiger partial charge is 0.265 e. The zero-order chi connectivity index (χ0) is 26.6. The summed E-state index contributed by atoms with van der Waals surface area (Å²) in [6.45, 7) is 12.9. The van der Waals surface area contributed by atoms with Crippen LogP contribution in [0.25, 0.3) is 0 Å². The number of hydrogen-bond donors (Lipinski definition) is 1. The van der Waals surface area contributed by atoms with Gasteiger partial charge < -0.3 is 19.5 Å². The molecule has 0 saturated heterocycles. The number of carbonyl (C=O) groups excluding carboxylic acids is 2. The Kier molecular flexibility index (Phi) is 8.78. The van der Waals surface area contributed by atoms with Crippen LogP contribution in [0.4, 0.5) is 5.13 Å². The number of amides is 2. The molecule has 0 aliphatic carbocycles. The number of thioether (sulfide) groups is 1. The third-order valence-corrected chi connectivity index (χ3v) is 7.46. The van der Waals surface area contributed by atoms with Crippen LogP contribution in [0, 0.1) is 6.92 Å². The van der Waals surface area contributed by atoms with Gasteiger partial charge in [-0.15, -0.1) is 10.2 Å². The molecule has 0 radical (unpaired) electrons. The van der Waals surface area contributed by atoms with Crippen molar-refractivity contribution in [2.75, 3.05) is 25.2 Å². The van der Waals surface area contributed by atoms with Crippen LogP contribution in [-0.4, -0.2) is 56.3 Å². The summed E-state index contributed by atoms with van der Waals surface area (Å²) in [6.07, 6.45) is -0.313. The first-order valence-electron chi connectivity index (χ1n) is 11.7. The molecule has 11 heteroatoms. The number of carbonyl (C=O) groups is 2. The maximum Gasteiger partial charge on any atom is 0.265 e. The lowest BCUT2D eigenvalue weighted by molar-refractivity contribution is -0.113. The first-order chi connectivity index (χ1) is 16.9. The summed E-state index contributed by atoms with van der Waals surface area (Å²) in [7, 11) is 3.37. The number of rotatable bonds is 9. The Balaban J connectivity index is 1.62. The van der Waals surface area contributed by atoms with Gasteiger partial charge in [-0.1, -0.05) is 56.0 Å². The molecule has 3 aromatic rings. The lowest BCUT2D eigenvalue weighted by Crippen LogP contribution is -2.21. The number of benzene rings is 1. The van der Waals surface area contributed by atoms with E-state index in [1.807, 2.05) is 30.5 Å². The molecule has 9 nitrogen and oxygen atoms in total. The molecule has 2 aromatic heterocycles. The number of ether oxygens (including phenoxy) is 1. The van der Waals surface area contributed by atoms with Gasteiger partial charge in [-0.3, -0.25) is 9.59 Å². The molecule has 3 rings (SSSR count). The largest absolute Gasteiger partial charge is 0.483 e. The highest BCUT2D eigenvalue weighted by atomic mass is 32.2. The molecule has 0 saturated carbocycles. The summed E-state index contributed by atoms with van der Waals surface area (Å²) >= 11 is 2.47. The summed E-state index contributed by atoms with van der Waals surface area (Å²) in [4.78, 5) is 31.1. The van der Waals surface area contributed by atoms with Crippen molar-refractivity contribution in [1.82, 2.24) is 24.6 Å². The Morgan fingerprint density at radius 2 is 1.86 bits per heavy atom. The summed E-state index contributed by atoms with van der Waals surface area (Å²) in [5, 5.41) is 12.4. The molecule has 0 aliphatic rings. The van der Waals surface area contributed by atoms with Gasteiger partial charge in [0.2, 0.25) is 5.91 Å². The van der Waals surface area contributed by atoms with Crippen molar-refractivity contribution in [2.24, 2.45) is 0 Å². The highest BCUT2D eigenvalue weighted by Crippen LogP contribution is 2.28. The van der Waals surface area contributed by atoms with E-state index in [1.165, 1.54) is 33.6 Å². The van der Waals surface area contributed by atoms with E-state index >= 15 is 0 Å². The van der Waals surface area contributed by atoms with Crippen molar-refractivity contribution >= 4 is 40.0 Å². The average molecular weight is 531 g/mol. The van der Waals surface area contributed by atoms with Crippen molar-refractivity contribution in [3.05, 3.63) is 46.2 Å². The van der Waals surface area contributed by atoms with E-state index in [0.717, 1.165) is 5.75 Å². The Labute approximate surface area is 220 Å².